The third kappa shape index (κ3) is 28.9. The second kappa shape index (κ2) is 52.1. The Labute approximate surface area is 860 Å². The summed E-state index contributed by atoms with van der Waals surface area (Å²) in [4.78, 5) is 54.3. The minimum absolute atomic E-state index is 0.00217. The summed E-state index contributed by atoms with van der Waals surface area (Å²) in [6.07, 6.45) is -61.1. The van der Waals surface area contributed by atoms with Crippen LogP contribution in [0.25, 0.3) is 0 Å². The van der Waals surface area contributed by atoms with Crippen LogP contribution in [0.5, 0.6) is 0 Å². The molecular weight excluding hydrogens is 2000 g/mol. The Hall–Kier alpha value is -4.88. The van der Waals surface area contributed by atoms with Gasteiger partial charge in [-0.2, -0.15) is 4.73 Å². The Morgan fingerprint density at radius 1 is 0.555 bits per heavy atom. The van der Waals surface area contributed by atoms with Gasteiger partial charge in [-0.25, -0.2) is 14.4 Å². The molecule has 11 rings (SSSR count). The van der Waals surface area contributed by atoms with E-state index in [9.17, 15) is 132 Å². The predicted octanol–water partition coefficient (Wildman–Crippen LogP) is -1.54. The molecule has 2 aromatic rings. The lowest BCUT2D eigenvalue weighted by Crippen LogP contribution is -2.67. The fraction of sp³-hybridized carbons (Fsp3) is 0.844. The minimum atomic E-state index is -2.83. The smallest absolute Gasteiger partial charge is 0.404 e. The highest BCUT2D eigenvalue weighted by molar-refractivity contribution is 6.49. The number of hydrogen-bond acceptors (Lipinski definition) is 43. The maximum atomic E-state index is 14.2. The molecule has 11 heterocycles. The maximum absolute atomic E-state index is 14.2. The van der Waals surface area contributed by atoms with E-state index in [1.165, 1.54) is 73.1 Å². The van der Waals surface area contributed by atoms with Gasteiger partial charge in [-0.05, 0) is 112 Å². The van der Waals surface area contributed by atoms with Crippen molar-refractivity contribution in [2.75, 3.05) is 5.73 Å². The number of pyridine rings is 1. The second-order valence-corrected chi connectivity index (χ2v) is 42.8. The van der Waals surface area contributed by atoms with E-state index >= 15 is 0 Å². The number of nitrogens with two attached hydrogens (primary N) is 2. The Balaban J connectivity index is 0.791. The van der Waals surface area contributed by atoms with Crippen LogP contribution in [0.3, 0.4) is 0 Å². The fourth-order valence-electron chi connectivity index (χ4n) is 20.9. The number of aliphatic hydroxyl groups excluding tert-OH is 19. The molecule has 52 unspecified atom stereocenters. The van der Waals surface area contributed by atoms with E-state index in [2.05, 4.69) is 5.32 Å². The quantitative estimate of drug-likeness (QED) is 0.0259. The lowest BCUT2D eigenvalue weighted by atomic mass is 9.77. The Bertz CT molecular complexity index is 4520. The number of aromatic nitrogens is 2. The lowest BCUT2D eigenvalue weighted by molar-refractivity contribution is -0.607. The third-order valence-electron chi connectivity index (χ3n) is 30.9. The summed E-state index contributed by atoms with van der Waals surface area (Å²) >= 11 is 19.0. The number of cyclic esters (lactones) is 1. The highest BCUT2D eigenvalue weighted by Crippen LogP contribution is 2.46. The Morgan fingerprint density at radius 2 is 1.13 bits per heavy atom. The van der Waals surface area contributed by atoms with E-state index in [4.69, 9.17) is 122 Å². The first-order valence-electron chi connectivity index (χ1n) is 50.3. The number of epoxide rings is 1. The van der Waals surface area contributed by atoms with Crippen LogP contribution < -0.4 is 21.5 Å². The van der Waals surface area contributed by atoms with Crippen molar-refractivity contribution in [2.45, 2.75) is 462 Å². The molecule has 146 heavy (non-hydrogen) atoms. The molecular formula is C96H154Cl3N5O42. The first kappa shape index (κ1) is 121. The molecule has 26 N–H and O–H groups in total. The molecule has 47 nitrogen and oxygen atoms in total. The molecule has 0 saturated carbocycles. The number of ether oxygens (including phenoxy) is 16. The van der Waals surface area contributed by atoms with Gasteiger partial charge in [-0.15, -0.1) is 0 Å². The third-order valence-corrected chi connectivity index (χ3v) is 32.3. The predicted molar refractivity (Wildman–Crippen MR) is 507 cm³/mol. The summed E-state index contributed by atoms with van der Waals surface area (Å²) < 4.78 is 101. The van der Waals surface area contributed by atoms with Crippen LogP contribution in [0.2, 0.25) is 15.2 Å². The lowest BCUT2D eigenvalue weighted by Gasteiger charge is -2.51. The highest BCUT2D eigenvalue weighted by Gasteiger charge is 2.60. The van der Waals surface area contributed by atoms with Gasteiger partial charge in [-0.3, -0.25) is 4.79 Å². The van der Waals surface area contributed by atoms with Crippen LogP contribution in [-0.4, -0.2) is 411 Å². The molecule has 8 fully saturated rings. The van der Waals surface area contributed by atoms with Crippen LogP contribution >= 0.6 is 34.8 Å². The van der Waals surface area contributed by atoms with Crippen LogP contribution in [0.1, 0.15) is 218 Å². The number of esters is 2. The fourth-order valence-corrected chi connectivity index (χ4v) is 21.7. The molecule has 2 bridgehead atoms. The monoisotopic (exact) mass is 2150 g/mol. The molecule has 9 aliphatic heterocycles. The number of aromatic carboxylic acids is 1. The Kier molecular flexibility index (Phi) is 43.3. The number of nitrogens with one attached hydrogen (secondary N) is 1. The molecule has 0 aromatic carbocycles. The van der Waals surface area contributed by atoms with Crippen molar-refractivity contribution in [1.29, 1.82) is 0 Å². The number of rotatable bonds is 23. The van der Waals surface area contributed by atoms with Gasteiger partial charge in [0.2, 0.25) is 0 Å². The van der Waals surface area contributed by atoms with Gasteiger partial charge in [0.1, 0.15) is 102 Å². The standard InChI is InChI=1S/C96H154Cl3N5O42/c1-34-22-23-49(106)27-50(107)26-48(105)18-16-21-62(115)140-80(39(6)74(117)38(5)73(116)35(2)41(8)131-65-32-60(139-92(127)51-24-25-104(130)72(69(51)101)91(125)126)70(43(10)133-65)102-90(124)71-66(97)67(98)89(99)103(71)15)40(7)81-83(143-81)53(109)20-17-19-52(108)36(3)54(110)28-55(111)37(4)59-29-58(114)88(123)96(129,146-59)33-61(34)138-84-76(119)45(12)137-95(78(84)121)145-87-86(142-63-30-56(112)68(100)42(9)132-63)82(47(14)135-93(87)128)144-94-79(122)85(77(120)46(13)136-94)141-64-31-57(113)75(118)44(11)134-64/h16,21,24-25,34-50,52-61,63-65,68,70,73-88,93-95,105-114,116-123,128-129H,17-20,22-23,26-33,100-101H2,1-15H3,(H,102,124)(H,125,126). The average Bonchev–Trinajstić information content (AvgIpc) is 1.13. The largest absolute Gasteiger partial charge is 0.618 e. The highest BCUT2D eigenvalue weighted by atomic mass is 35.5. The zero-order valence-electron chi connectivity index (χ0n) is 84.3. The van der Waals surface area contributed by atoms with Crippen LogP contribution in [0.15, 0.2) is 24.4 Å². The summed E-state index contributed by atoms with van der Waals surface area (Å²) in [5.74, 6) is -14.4. The number of hydrogen-bond donors (Lipinski definition) is 24. The first-order valence-corrected chi connectivity index (χ1v) is 51.4. The van der Waals surface area contributed by atoms with E-state index in [1.54, 1.807) is 41.5 Å². The van der Waals surface area contributed by atoms with E-state index in [0.717, 1.165) is 18.3 Å². The van der Waals surface area contributed by atoms with Crippen molar-refractivity contribution in [2.24, 2.45) is 54.2 Å². The van der Waals surface area contributed by atoms with Crippen molar-refractivity contribution in [3.63, 3.8) is 0 Å². The van der Waals surface area contributed by atoms with Crippen LogP contribution in [0.4, 0.5) is 5.69 Å². The van der Waals surface area contributed by atoms with Crippen molar-refractivity contribution in [3.8, 4) is 0 Å². The number of carbonyl (C=O) groups is 4. The molecule has 836 valence electrons. The molecule has 50 heteroatoms. The normalized spacial score (nSPS) is 44.1. The number of nitrogen functional groups attached to an aromatic ring is 1. The molecule has 52 atom stereocenters. The van der Waals surface area contributed by atoms with Gasteiger partial charge < -0.3 is 210 Å². The SMILES string of the molecule is CC1CCC(O)CC(O)CC(O)CC=CC(=O)OC(C(C)C(O)C(C)C(O)C(C)C(C)OC2CC(OC(=O)c3cc[n+]([O-])c(C(=O)O)c3N)C(NC(=O)c3c(Cl)c(Cl)c(Cl)n3C)C(C)O2)C(C)C2OC2C(O)CCCC(O)C(C)C(O)CC(O)C(C)C2CC(O)C(O)C(O)(CC1OC1C(O)C(C)OC(OC3C(O)OC(C)C(OC4OC(C)C(O)C(OC5CC(O)C(O)C(C)O5)C4O)C3OC3CC(O)C(N)C(C)O3)C1O)O2. The minimum Gasteiger partial charge on any atom is -0.618 e. The summed E-state index contributed by atoms with van der Waals surface area (Å²) in [7, 11) is 1.42. The van der Waals surface area contributed by atoms with Gasteiger partial charge in [0.05, 0.1) is 162 Å². The van der Waals surface area contributed by atoms with Crippen LogP contribution in [-0.2, 0) is 87.6 Å². The van der Waals surface area contributed by atoms with Crippen molar-refractivity contribution in [3.05, 3.63) is 61.8 Å². The number of amides is 1. The van der Waals surface area contributed by atoms with Crippen molar-refractivity contribution in [1.82, 2.24) is 9.88 Å². The van der Waals surface area contributed by atoms with E-state index in [0.29, 0.717) is 0 Å². The van der Waals surface area contributed by atoms with Crippen molar-refractivity contribution < 1.29 is 207 Å². The van der Waals surface area contributed by atoms with Gasteiger partial charge in [0.15, 0.2) is 49.7 Å². The number of nitrogens with zero attached hydrogens (tertiary/aromatic N) is 2. The van der Waals surface area contributed by atoms with Crippen LogP contribution in [0, 0.1) is 46.6 Å². The second-order valence-electron chi connectivity index (χ2n) is 41.7. The van der Waals surface area contributed by atoms with Gasteiger partial charge >= 0.3 is 23.6 Å². The summed E-state index contributed by atoms with van der Waals surface area (Å²) in [6, 6.07) is -1.17. The summed E-state index contributed by atoms with van der Waals surface area (Å²) in [5.41, 5.74) is 9.91. The molecule has 0 aliphatic carbocycles. The van der Waals surface area contributed by atoms with E-state index in [1.807, 2.05) is 0 Å². The van der Waals surface area contributed by atoms with Crippen molar-refractivity contribution >= 4 is 64.3 Å². The molecule has 1 amide bonds. The zero-order chi connectivity index (χ0) is 108. The number of anilines is 1. The average molecular weight is 2160 g/mol. The first-order chi connectivity index (χ1) is 68.3. The number of halogens is 3. The Morgan fingerprint density at radius 3 is 1.74 bits per heavy atom. The van der Waals surface area contributed by atoms with E-state index < -0.39 is 377 Å². The summed E-state index contributed by atoms with van der Waals surface area (Å²) in [6.45, 7) is 21.4. The molecule has 8 saturated heterocycles. The molecule has 0 radical (unpaired) electrons. The number of carbonyl (C=O) groups excluding carboxylic acids is 3. The van der Waals surface area contributed by atoms with Gasteiger partial charge in [0.25, 0.3) is 5.91 Å². The molecule has 2 aromatic heterocycles. The topological polar surface area (TPSA) is 740 Å². The summed E-state index contributed by atoms with van der Waals surface area (Å²) in [5, 5.41) is 260. The number of aliphatic hydroxyl groups is 20. The molecule has 0 spiro atoms. The maximum Gasteiger partial charge on any atom is 0.404 e. The number of carboxylic acid groups (broad SMARTS) is 1. The number of fused-ring (bicyclic) bond motifs is 3. The van der Waals surface area contributed by atoms with E-state index in [-0.39, 0.29) is 96.3 Å². The number of carboxylic acids is 1. The zero-order valence-corrected chi connectivity index (χ0v) is 86.6. The van der Waals surface area contributed by atoms with Gasteiger partial charge in [0, 0.05) is 86.8 Å². The molecule has 9 aliphatic rings. The van der Waals surface area contributed by atoms with Gasteiger partial charge in [-0.1, -0.05) is 89.3 Å².